The molecule has 0 radical (unpaired) electrons. The van der Waals surface area contributed by atoms with E-state index in [4.69, 9.17) is 4.84 Å². The second-order valence-corrected chi connectivity index (χ2v) is 6.02. The van der Waals surface area contributed by atoms with Crippen molar-refractivity contribution in [2.24, 2.45) is 5.92 Å². The van der Waals surface area contributed by atoms with Crippen molar-refractivity contribution >= 4 is 23.0 Å². The number of benzene rings is 1. The molecule has 2 aromatic rings. The third-order valence-corrected chi connectivity index (χ3v) is 4.20. The van der Waals surface area contributed by atoms with Crippen LogP contribution in [0.25, 0.3) is 5.70 Å². The number of hydroxylamine groups is 1. The van der Waals surface area contributed by atoms with Crippen LogP contribution in [-0.2, 0) is 11.3 Å². The third kappa shape index (κ3) is 2.92. The van der Waals surface area contributed by atoms with Crippen LogP contribution in [0.1, 0.15) is 27.7 Å². The number of thiophene rings is 1. The first-order valence-electron chi connectivity index (χ1n) is 6.68. The van der Waals surface area contributed by atoms with Gasteiger partial charge in [-0.15, -0.1) is 11.3 Å². The highest BCUT2D eigenvalue weighted by Crippen LogP contribution is 2.30. The van der Waals surface area contributed by atoms with Gasteiger partial charge in [0.25, 0.3) is 0 Å². The number of aromatic hydroxyl groups is 1. The molecule has 5 heteroatoms. The molecular weight excluding hydrogens is 286 g/mol. The molecule has 0 fully saturated rings. The summed E-state index contributed by atoms with van der Waals surface area (Å²) in [5.74, 6) is 0.157. The van der Waals surface area contributed by atoms with Gasteiger partial charge in [0, 0.05) is 5.56 Å². The minimum absolute atomic E-state index is 0.248. The molecular formula is C16H15NO3S. The Hall–Kier alpha value is -2.27. The van der Waals surface area contributed by atoms with Crippen LogP contribution in [0.4, 0.5) is 0 Å². The second-order valence-electron chi connectivity index (χ2n) is 5.07. The van der Waals surface area contributed by atoms with Crippen LogP contribution in [0.5, 0.6) is 5.75 Å². The number of fused-ring (bicyclic) bond motifs is 1. The largest absolute Gasteiger partial charge is 0.508 e. The fraction of sp³-hybridized carbons (Fsp3) is 0.188. The summed E-state index contributed by atoms with van der Waals surface area (Å²) in [7, 11) is 0. The molecule has 0 saturated carbocycles. The number of nitrogens with one attached hydrogen (secondary N) is 1. The lowest BCUT2D eigenvalue weighted by Gasteiger charge is -2.22. The van der Waals surface area contributed by atoms with Crippen molar-refractivity contribution in [3.63, 3.8) is 0 Å². The fourth-order valence-electron chi connectivity index (χ4n) is 2.43. The Kier molecular flexibility index (Phi) is 3.66. The molecule has 2 N–H and O–H groups in total. The molecule has 0 amide bonds. The highest BCUT2D eigenvalue weighted by Gasteiger charge is 2.19. The lowest BCUT2D eigenvalue weighted by molar-refractivity contribution is 0.0373. The van der Waals surface area contributed by atoms with E-state index >= 15 is 0 Å². The number of rotatable bonds is 3. The van der Waals surface area contributed by atoms with Crippen molar-refractivity contribution in [2.75, 3.05) is 0 Å². The average molecular weight is 301 g/mol. The summed E-state index contributed by atoms with van der Waals surface area (Å²) >= 11 is 1.34. The van der Waals surface area contributed by atoms with Crippen LogP contribution in [0, 0.1) is 5.92 Å². The predicted octanol–water partition coefficient (Wildman–Crippen LogP) is 3.35. The van der Waals surface area contributed by atoms with Crippen LogP contribution in [0.3, 0.4) is 0 Å². The van der Waals surface area contributed by atoms with Gasteiger partial charge in [-0.05, 0) is 47.5 Å². The third-order valence-electron chi connectivity index (χ3n) is 3.35. The predicted molar refractivity (Wildman–Crippen MR) is 81.8 cm³/mol. The van der Waals surface area contributed by atoms with Crippen molar-refractivity contribution < 1.29 is 14.7 Å². The first kappa shape index (κ1) is 13.7. The maximum Gasteiger partial charge on any atom is 0.372 e. The van der Waals surface area contributed by atoms with Gasteiger partial charge in [0.1, 0.15) is 10.6 Å². The van der Waals surface area contributed by atoms with Crippen LogP contribution < -0.4 is 5.48 Å². The summed E-state index contributed by atoms with van der Waals surface area (Å²) in [6.07, 6.45) is 2.88. The van der Waals surface area contributed by atoms with E-state index in [0.717, 1.165) is 23.2 Å². The maximum atomic E-state index is 11.9. The van der Waals surface area contributed by atoms with Gasteiger partial charge in [0.05, 0.1) is 5.70 Å². The van der Waals surface area contributed by atoms with E-state index in [1.807, 2.05) is 17.5 Å². The first-order valence-corrected chi connectivity index (χ1v) is 7.56. The standard InChI is InChI=1S/C16H15NO3S/c1-10-7-11-9-12(18)4-5-13(11)14(8-10)17-20-16(19)15-3-2-6-21-15/h2-6,8-10,17-18H,7H2,1H3. The van der Waals surface area contributed by atoms with E-state index < -0.39 is 5.97 Å². The summed E-state index contributed by atoms with van der Waals surface area (Å²) in [5.41, 5.74) is 5.50. The molecule has 0 saturated heterocycles. The molecule has 1 atom stereocenters. The molecule has 21 heavy (non-hydrogen) atoms. The Labute approximate surface area is 126 Å². The Balaban J connectivity index is 1.77. The van der Waals surface area contributed by atoms with E-state index in [1.54, 1.807) is 24.3 Å². The summed E-state index contributed by atoms with van der Waals surface area (Å²) in [5, 5.41) is 11.4. The number of hydrogen-bond donors (Lipinski definition) is 2. The van der Waals surface area contributed by atoms with E-state index in [0.29, 0.717) is 10.8 Å². The van der Waals surface area contributed by atoms with Crippen molar-refractivity contribution in [3.05, 3.63) is 57.8 Å². The molecule has 1 heterocycles. The molecule has 0 spiro atoms. The number of phenols is 1. The zero-order valence-corrected chi connectivity index (χ0v) is 12.3. The van der Waals surface area contributed by atoms with Gasteiger partial charge >= 0.3 is 5.97 Å². The van der Waals surface area contributed by atoms with E-state index in [2.05, 4.69) is 12.4 Å². The van der Waals surface area contributed by atoms with Crippen molar-refractivity contribution in [1.29, 1.82) is 0 Å². The number of allylic oxidation sites excluding steroid dienone is 1. The number of hydrogen-bond acceptors (Lipinski definition) is 5. The molecule has 3 rings (SSSR count). The first-order chi connectivity index (χ1) is 10.1. The number of phenolic OH excluding ortho intramolecular Hbond substituents is 1. The fourth-order valence-corrected chi connectivity index (χ4v) is 3.03. The molecule has 1 aliphatic rings. The zero-order chi connectivity index (χ0) is 14.8. The maximum absolute atomic E-state index is 11.9. The van der Waals surface area contributed by atoms with Gasteiger partial charge in [-0.3, -0.25) is 0 Å². The smallest absolute Gasteiger partial charge is 0.372 e. The topological polar surface area (TPSA) is 58.6 Å². The zero-order valence-electron chi connectivity index (χ0n) is 11.5. The molecule has 1 aliphatic carbocycles. The quantitative estimate of drug-likeness (QED) is 0.854. The molecule has 1 aromatic carbocycles. The van der Waals surface area contributed by atoms with Crippen molar-refractivity contribution in [1.82, 2.24) is 5.48 Å². The van der Waals surface area contributed by atoms with Crippen LogP contribution >= 0.6 is 11.3 Å². The number of carbonyl (C=O) groups is 1. The normalized spacial score (nSPS) is 16.8. The molecule has 0 aliphatic heterocycles. The monoisotopic (exact) mass is 301 g/mol. The highest BCUT2D eigenvalue weighted by molar-refractivity contribution is 7.11. The van der Waals surface area contributed by atoms with E-state index in [1.165, 1.54) is 11.3 Å². The van der Waals surface area contributed by atoms with Crippen LogP contribution in [-0.4, -0.2) is 11.1 Å². The van der Waals surface area contributed by atoms with Crippen molar-refractivity contribution in [2.45, 2.75) is 13.3 Å². The SMILES string of the molecule is CC1C=C(NOC(=O)c2cccs2)c2ccc(O)cc2C1. The molecule has 1 aromatic heterocycles. The Morgan fingerprint density at radius 2 is 2.29 bits per heavy atom. The summed E-state index contributed by atoms with van der Waals surface area (Å²) < 4.78 is 0. The van der Waals surface area contributed by atoms with Crippen LogP contribution in [0.2, 0.25) is 0 Å². The van der Waals surface area contributed by atoms with Gasteiger partial charge < -0.3 is 9.94 Å². The average Bonchev–Trinajstić information content (AvgIpc) is 2.97. The van der Waals surface area contributed by atoms with E-state index in [-0.39, 0.29) is 5.75 Å². The molecule has 1 unspecified atom stereocenters. The lowest BCUT2D eigenvalue weighted by atomic mass is 9.88. The molecule has 0 bridgehead atoms. The minimum Gasteiger partial charge on any atom is -0.508 e. The Morgan fingerprint density at radius 1 is 1.43 bits per heavy atom. The summed E-state index contributed by atoms with van der Waals surface area (Å²) in [6, 6.07) is 8.74. The Morgan fingerprint density at radius 3 is 3.05 bits per heavy atom. The number of carbonyl (C=O) groups excluding carboxylic acids is 1. The van der Waals surface area contributed by atoms with Crippen LogP contribution in [0.15, 0.2) is 41.8 Å². The van der Waals surface area contributed by atoms with Gasteiger partial charge in [-0.1, -0.05) is 19.1 Å². The summed E-state index contributed by atoms with van der Waals surface area (Å²) in [4.78, 5) is 17.6. The Bertz CT molecular complexity index is 692. The second kappa shape index (κ2) is 5.61. The summed E-state index contributed by atoms with van der Waals surface area (Å²) in [6.45, 7) is 2.08. The van der Waals surface area contributed by atoms with Gasteiger partial charge in [-0.25, -0.2) is 10.3 Å². The lowest BCUT2D eigenvalue weighted by Crippen LogP contribution is -2.22. The highest BCUT2D eigenvalue weighted by atomic mass is 32.1. The van der Waals surface area contributed by atoms with E-state index in [9.17, 15) is 9.90 Å². The molecule has 108 valence electrons. The van der Waals surface area contributed by atoms with Gasteiger partial charge in [0.2, 0.25) is 0 Å². The molecule has 4 nitrogen and oxygen atoms in total. The van der Waals surface area contributed by atoms with Gasteiger partial charge in [0.15, 0.2) is 0 Å². The van der Waals surface area contributed by atoms with Crippen molar-refractivity contribution in [3.8, 4) is 5.75 Å². The van der Waals surface area contributed by atoms with Gasteiger partial charge in [-0.2, -0.15) is 0 Å². The minimum atomic E-state index is -0.399.